The SMILES string of the molecule is Cc1cc(C(CCC(NC(N)=O)c2ccc(C(=O)Nc3ccccc3N)nc2)N(C)C)ccc1F. The number of nitrogen functional groups attached to an aromatic ring is 1. The van der Waals surface area contributed by atoms with Gasteiger partial charge in [-0.15, -0.1) is 0 Å². The van der Waals surface area contributed by atoms with Gasteiger partial charge in [-0.25, -0.2) is 9.18 Å². The van der Waals surface area contributed by atoms with Crippen LogP contribution in [0, 0.1) is 12.7 Å². The van der Waals surface area contributed by atoms with Gasteiger partial charge in [-0.1, -0.05) is 30.3 Å². The summed E-state index contributed by atoms with van der Waals surface area (Å²) in [5.41, 5.74) is 14.8. The fraction of sp³-hybridized carbons (Fsp3) is 0.269. The Kier molecular flexibility index (Phi) is 8.38. The van der Waals surface area contributed by atoms with E-state index in [9.17, 15) is 14.0 Å². The van der Waals surface area contributed by atoms with Gasteiger partial charge in [-0.05, 0) is 74.8 Å². The average molecular weight is 479 g/mol. The van der Waals surface area contributed by atoms with Gasteiger partial charge < -0.3 is 27.0 Å². The van der Waals surface area contributed by atoms with Crippen LogP contribution < -0.4 is 22.1 Å². The molecule has 0 aliphatic rings. The monoisotopic (exact) mass is 478 g/mol. The van der Waals surface area contributed by atoms with Crippen LogP contribution in [-0.2, 0) is 0 Å². The Morgan fingerprint density at radius 1 is 1.06 bits per heavy atom. The predicted octanol–water partition coefficient (Wildman–Crippen LogP) is 4.16. The van der Waals surface area contributed by atoms with E-state index in [1.165, 1.54) is 6.07 Å². The molecule has 0 aliphatic carbocycles. The van der Waals surface area contributed by atoms with Crippen LogP contribution in [0.15, 0.2) is 60.8 Å². The molecule has 3 rings (SSSR count). The molecule has 184 valence electrons. The van der Waals surface area contributed by atoms with E-state index in [1.807, 2.05) is 20.2 Å². The molecule has 9 heteroatoms. The van der Waals surface area contributed by atoms with Crippen molar-refractivity contribution in [2.24, 2.45) is 5.73 Å². The molecule has 1 heterocycles. The minimum absolute atomic E-state index is 0.000757. The number of aromatic nitrogens is 1. The van der Waals surface area contributed by atoms with Gasteiger partial charge in [0.25, 0.3) is 5.91 Å². The fourth-order valence-corrected chi connectivity index (χ4v) is 3.96. The minimum Gasteiger partial charge on any atom is -0.397 e. The van der Waals surface area contributed by atoms with Crippen LogP contribution in [0.4, 0.5) is 20.6 Å². The first kappa shape index (κ1) is 25.6. The summed E-state index contributed by atoms with van der Waals surface area (Å²) < 4.78 is 13.8. The molecule has 35 heavy (non-hydrogen) atoms. The molecule has 0 radical (unpaired) electrons. The van der Waals surface area contributed by atoms with E-state index in [0.717, 1.165) is 5.56 Å². The summed E-state index contributed by atoms with van der Waals surface area (Å²) in [6, 6.07) is 14.3. The van der Waals surface area contributed by atoms with Gasteiger partial charge in [0.1, 0.15) is 11.5 Å². The van der Waals surface area contributed by atoms with Gasteiger partial charge in [-0.2, -0.15) is 0 Å². The smallest absolute Gasteiger partial charge is 0.312 e. The average Bonchev–Trinajstić information content (AvgIpc) is 2.81. The first-order valence-electron chi connectivity index (χ1n) is 11.3. The van der Waals surface area contributed by atoms with Crippen molar-refractivity contribution in [3.05, 3.63) is 89.0 Å². The highest BCUT2D eigenvalue weighted by Crippen LogP contribution is 2.29. The molecule has 0 fully saturated rings. The first-order valence-corrected chi connectivity index (χ1v) is 11.3. The van der Waals surface area contributed by atoms with E-state index in [4.69, 9.17) is 11.5 Å². The van der Waals surface area contributed by atoms with Crippen LogP contribution in [0.1, 0.15) is 52.1 Å². The van der Waals surface area contributed by atoms with Crippen LogP contribution in [-0.4, -0.2) is 35.9 Å². The lowest BCUT2D eigenvalue weighted by atomic mass is 9.94. The molecule has 6 N–H and O–H groups in total. The molecule has 0 saturated heterocycles. The highest BCUT2D eigenvalue weighted by Gasteiger charge is 2.21. The zero-order chi connectivity index (χ0) is 25.5. The number of hydrogen-bond acceptors (Lipinski definition) is 5. The molecule has 0 bridgehead atoms. The Hall–Kier alpha value is -3.98. The standard InChI is InChI=1S/C26H31FN6O2/c1-16-14-17(8-10-19(16)27)24(33(2)3)13-12-21(32-26(29)35)18-9-11-23(30-15-18)25(34)31-22-7-5-4-6-20(22)28/h4-11,14-15,21,24H,12-13,28H2,1-3H3,(H,31,34)(H3,29,32,35). The number of carbonyl (C=O) groups is 2. The number of anilines is 2. The second kappa shape index (κ2) is 11.4. The maximum atomic E-state index is 13.8. The van der Waals surface area contributed by atoms with Crippen molar-refractivity contribution in [2.75, 3.05) is 25.1 Å². The fourth-order valence-electron chi connectivity index (χ4n) is 3.96. The largest absolute Gasteiger partial charge is 0.397 e. The van der Waals surface area contributed by atoms with Gasteiger partial charge in [0.05, 0.1) is 17.4 Å². The van der Waals surface area contributed by atoms with Gasteiger partial charge in [0, 0.05) is 12.2 Å². The van der Waals surface area contributed by atoms with Crippen LogP contribution >= 0.6 is 0 Å². The summed E-state index contributed by atoms with van der Waals surface area (Å²) in [5.74, 6) is -0.641. The maximum Gasteiger partial charge on any atom is 0.312 e. The zero-order valence-corrected chi connectivity index (χ0v) is 20.1. The molecule has 2 aromatic carbocycles. The van der Waals surface area contributed by atoms with E-state index >= 15 is 0 Å². The molecule has 2 unspecified atom stereocenters. The number of primary amides is 1. The quantitative estimate of drug-likeness (QED) is 0.344. The number of para-hydroxylation sites is 2. The maximum absolute atomic E-state index is 13.8. The van der Waals surface area contributed by atoms with Crippen LogP contribution in [0.5, 0.6) is 0 Å². The van der Waals surface area contributed by atoms with E-state index in [-0.39, 0.29) is 17.6 Å². The summed E-state index contributed by atoms with van der Waals surface area (Å²) in [4.78, 5) is 30.6. The number of urea groups is 1. The van der Waals surface area contributed by atoms with E-state index in [2.05, 4.69) is 20.5 Å². The predicted molar refractivity (Wildman–Crippen MR) is 135 cm³/mol. The van der Waals surface area contributed by atoms with Gasteiger partial charge in [-0.3, -0.25) is 9.78 Å². The van der Waals surface area contributed by atoms with Crippen molar-refractivity contribution >= 4 is 23.3 Å². The number of rotatable bonds is 9. The first-order chi connectivity index (χ1) is 16.7. The third kappa shape index (κ3) is 6.77. The van der Waals surface area contributed by atoms with Crippen LogP contribution in [0.3, 0.4) is 0 Å². The second-order valence-corrected chi connectivity index (χ2v) is 8.64. The minimum atomic E-state index is -0.657. The van der Waals surface area contributed by atoms with E-state index < -0.39 is 18.0 Å². The lowest BCUT2D eigenvalue weighted by molar-refractivity contribution is 0.102. The number of aryl methyl sites for hydroxylation is 1. The Labute approximate surface area is 204 Å². The normalized spacial score (nSPS) is 12.7. The molecular formula is C26H31FN6O2. The van der Waals surface area contributed by atoms with Crippen LogP contribution in [0.2, 0.25) is 0 Å². The number of pyridine rings is 1. The molecule has 0 aliphatic heterocycles. The van der Waals surface area contributed by atoms with Crippen molar-refractivity contribution in [3.8, 4) is 0 Å². The number of benzene rings is 2. The highest BCUT2D eigenvalue weighted by atomic mass is 19.1. The Morgan fingerprint density at radius 3 is 2.37 bits per heavy atom. The van der Waals surface area contributed by atoms with Crippen molar-refractivity contribution in [2.45, 2.75) is 31.8 Å². The number of carbonyl (C=O) groups excluding carboxylic acids is 2. The van der Waals surface area contributed by atoms with Crippen molar-refractivity contribution in [3.63, 3.8) is 0 Å². The van der Waals surface area contributed by atoms with Crippen molar-refractivity contribution in [1.82, 2.24) is 15.2 Å². The third-order valence-electron chi connectivity index (χ3n) is 5.87. The topological polar surface area (TPSA) is 126 Å². The summed E-state index contributed by atoms with van der Waals surface area (Å²) in [5, 5.41) is 5.50. The lowest BCUT2D eigenvalue weighted by Crippen LogP contribution is -2.34. The summed E-state index contributed by atoms with van der Waals surface area (Å²) in [6.07, 6.45) is 2.77. The molecule has 3 amide bonds. The Balaban J connectivity index is 1.74. The number of nitrogens with one attached hydrogen (secondary N) is 2. The van der Waals surface area contributed by atoms with Gasteiger partial charge >= 0.3 is 6.03 Å². The molecule has 0 spiro atoms. The zero-order valence-electron chi connectivity index (χ0n) is 20.1. The van der Waals surface area contributed by atoms with Crippen molar-refractivity contribution < 1.29 is 14.0 Å². The molecule has 1 aromatic heterocycles. The molecule has 2 atom stereocenters. The number of hydrogen-bond donors (Lipinski definition) is 4. The summed E-state index contributed by atoms with van der Waals surface area (Å²) in [6.45, 7) is 1.73. The summed E-state index contributed by atoms with van der Waals surface area (Å²) >= 11 is 0. The number of halogens is 1. The molecule has 8 nitrogen and oxygen atoms in total. The lowest BCUT2D eigenvalue weighted by Gasteiger charge is -2.27. The Morgan fingerprint density at radius 2 is 1.77 bits per heavy atom. The summed E-state index contributed by atoms with van der Waals surface area (Å²) in [7, 11) is 3.91. The number of nitrogens with two attached hydrogens (primary N) is 2. The van der Waals surface area contributed by atoms with Crippen LogP contribution in [0.25, 0.3) is 0 Å². The van der Waals surface area contributed by atoms with E-state index in [0.29, 0.717) is 35.3 Å². The van der Waals surface area contributed by atoms with Crippen molar-refractivity contribution in [1.29, 1.82) is 0 Å². The molecular weight excluding hydrogens is 447 g/mol. The van der Waals surface area contributed by atoms with Gasteiger partial charge in [0.2, 0.25) is 0 Å². The number of nitrogens with zero attached hydrogens (tertiary/aromatic N) is 2. The number of amides is 3. The second-order valence-electron chi connectivity index (χ2n) is 8.64. The van der Waals surface area contributed by atoms with Gasteiger partial charge in [0.15, 0.2) is 0 Å². The molecule has 0 saturated carbocycles. The van der Waals surface area contributed by atoms with E-state index in [1.54, 1.807) is 55.6 Å². The molecule has 3 aromatic rings. The third-order valence-corrected chi connectivity index (χ3v) is 5.87. The highest BCUT2D eigenvalue weighted by molar-refractivity contribution is 6.04. The Bertz CT molecular complexity index is 1180.